The van der Waals surface area contributed by atoms with Crippen molar-refractivity contribution in [3.05, 3.63) is 63.7 Å². The van der Waals surface area contributed by atoms with Crippen molar-refractivity contribution in [2.24, 2.45) is 0 Å². The van der Waals surface area contributed by atoms with E-state index in [1.807, 2.05) is 30.3 Å². The highest BCUT2D eigenvalue weighted by Crippen LogP contribution is 2.32. The molecule has 5 rings (SSSR count). The van der Waals surface area contributed by atoms with Gasteiger partial charge in [0.2, 0.25) is 0 Å². The topological polar surface area (TPSA) is 79.6 Å². The van der Waals surface area contributed by atoms with Crippen LogP contribution in [0.15, 0.2) is 35.8 Å². The van der Waals surface area contributed by atoms with Gasteiger partial charge in [0.15, 0.2) is 4.96 Å². The fourth-order valence-corrected chi connectivity index (χ4v) is 6.14. The highest BCUT2D eigenvalue weighted by molar-refractivity contribution is 7.15. The number of nitrogens with zero attached hydrogens (tertiary/aromatic N) is 4. The molecule has 0 unspecified atom stereocenters. The largest absolute Gasteiger partial charge is 0.349 e. The lowest BCUT2D eigenvalue weighted by Crippen LogP contribution is -2.49. The summed E-state index contributed by atoms with van der Waals surface area (Å²) in [6.45, 7) is 4.61. The fourth-order valence-electron chi connectivity index (χ4n) is 4.48. The summed E-state index contributed by atoms with van der Waals surface area (Å²) >= 11 is 2.87. The number of hydrogen-bond acceptors (Lipinski definition) is 6. The van der Waals surface area contributed by atoms with E-state index < -0.39 is 0 Å². The predicted molar refractivity (Wildman–Crippen MR) is 131 cm³/mol. The second-order valence-corrected chi connectivity index (χ2v) is 10.5. The van der Waals surface area contributed by atoms with Crippen LogP contribution < -0.4 is 5.32 Å². The van der Waals surface area contributed by atoms with Crippen molar-refractivity contribution in [1.82, 2.24) is 24.6 Å². The van der Waals surface area contributed by atoms with Gasteiger partial charge in [-0.2, -0.15) is 0 Å². The van der Waals surface area contributed by atoms with Gasteiger partial charge in [0.05, 0.1) is 15.6 Å². The van der Waals surface area contributed by atoms with Crippen LogP contribution in [0.1, 0.15) is 50.9 Å². The third-order valence-electron chi connectivity index (χ3n) is 6.06. The van der Waals surface area contributed by atoms with E-state index in [1.54, 1.807) is 16.5 Å². The number of thiazole rings is 2. The summed E-state index contributed by atoms with van der Waals surface area (Å²) in [6, 6.07) is 6.10. The van der Waals surface area contributed by atoms with E-state index in [1.165, 1.54) is 34.8 Å². The molecule has 1 aliphatic rings. The number of carbonyl (C=O) groups excluding carboxylic acids is 2. The van der Waals surface area contributed by atoms with Gasteiger partial charge < -0.3 is 10.2 Å². The summed E-state index contributed by atoms with van der Waals surface area (Å²) < 4.78 is 15.6. The lowest BCUT2D eigenvalue weighted by Gasteiger charge is -2.35. The Morgan fingerprint density at radius 2 is 2.09 bits per heavy atom. The normalized spacial score (nSPS) is 16.2. The molecule has 1 N–H and O–H groups in total. The second-order valence-electron chi connectivity index (χ2n) is 8.38. The number of amides is 2. The van der Waals surface area contributed by atoms with E-state index in [4.69, 9.17) is 0 Å². The number of hydrogen-bond donors (Lipinski definition) is 1. The van der Waals surface area contributed by atoms with Gasteiger partial charge in [-0.05, 0) is 50.8 Å². The van der Waals surface area contributed by atoms with Crippen molar-refractivity contribution in [3.63, 3.8) is 0 Å². The van der Waals surface area contributed by atoms with Gasteiger partial charge in [-0.1, -0.05) is 12.1 Å². The van der Waals surface area contributed by atoms with Gasteiger partial charge in [0.25, 0.3) is 11.8 Å². The van der Waals surface area contributed by atoms with Crippen LogP contribution in [0, 0.1) is 19.7 Å². The number of fused-ring (bicyclic) bond motifs is 1. The van der Waals surface area contributed by atoms with E-state index >= 15 is 0 Å². The van der Waals surface area contributed by atoms with E-state index in [-0.39, 0.29) is 23.7 Å². The highest BCUT2D eigenvalue weighted by Gasteiger charge is 2.31. The molecule has 0 radical (unpaired) electrons. The standard InChI is InChI=1S/C24H24FN5O2S2/c1-14-20(30-10-11-33-24(30)27-14)22(31)26-13-18-8-3-4-9-29(18)23(32)19-21(34-15(2)28-19)16-6-5-7-17(25)12-16/h5-7,10-12,18H,3-4,8-9,13H2,1-2H3,(H,26,31)/t18-/m0/s1. The van der Waals surface area contributed by atoms with Gasteiger partial charge in [0.1, 0.15) is 17.2 Å². The van der Waals surface area contributed by atoms with Crippen LogP contribution in [0.25, 0.3) is 15.4 Å². The molecule has 1 fully saturated rings. The molecule has 4 heterocycles. The molecule has 3 aromatic heterocycles. The number of piperidine rings is 1. The minimum atomic E-state index is -0.351. The third-order valence-corrected chi connectivity index (χ3v) is 7.84. The number of nitrogens with one attached hydrogen (secondary N) is 1. The van der Waals surface area contributed by atoms with Crippen LogP contribution in [0.5, 0.6) is 0 Å². The summed E-state index contributed by atoms with van der Waals surface area (Å²) in [7, 11) is 0. The predicted octanol–water partition coefficient (Wildman–Crippen LogP) is 4.70. The number of carbonyl (C=O) groups is 2. The first kappa shape index (κ1) is 22.7. The first-order valence-electron chi connectivity index (χ1n) is 11.2. The molecule has 34 heavy (non-hydrogen) atoms. The van der Waals surface area contributed by atoms with Gasteiger partial charge >= 0.3 is 0 Å². The van der Waals surface area contributed by atoms with Gasteiger partial charge in [-0.25, -0.2) is 14.4 Å². The van der Waals surface area contributed by atoms with Gasteiger partial charge in [-0.3, -0.25) is 14.0 Å². The van der Waals surface area contributed by atoms with Crippen molar-refractivity contribution in [1.29, 1.82) is 0 Å². The van der Waals surface area contributed by atoms with Crippen LogP contribution >= 0.6 is 22.7 Å². The molecule has 10 heteroatoms. The molecular formula is C24H24FN5O2S2. The average molecular weight is 498 g/mol. The number of imidazole rings is 1. The van der Waals surface area contributed by atoms with E-state index in [0.29, 0.717) is 40.6 Å². The highest BCUT2D eigenvalue weighted by atomic mass is 32.1. The monoisotopic (exact) mass is 497 g/mol. The number of likely N-dealkylation sites (tertiary alicyclic amines) is 1. The molecule has 1 atom stereocenters. The first-order valence-corrected chi connectivity index (χ1v) is 12.9. The molecule has 4 aromatic rings. The Kier molecular flexibility index (Phi) is 6.18. The van der Waals surface area contributed by atoms with Crippen LogP contribution in [-0.2, 0) is 0 Å². The zero-order valence-electron chi connectivity index (χ0n) is 18.9. The second kappa shape index (κ2) is 9.27. The van der Waals surface area contributed by atoms with E-state index in [9.17, 15) is 14.0 Å². The van der Waals surface area contributed by atoms with Crippen molar-refractivity contribution >= 4 is 39.4 Å². The average Bonchev–Trinajstić information content (AvgIpc) is 3.51. The molecule has 0 bridgehead atoms. The summed E-state index contributed by atoms with van der Waals surface area (Å²) in [4.78, 5) is 38.8. The van der Waals surface area contributed by atoms with Crippen LogP contribution in [0.3, 0.4) is 0 Å². The minimum absolute atomic E-state index is 0.140. The number of benzene rings is 1. The molecule has 1 saturated heterocycles. The Balaban J connectivity index is 1.36. The first-order chi connectivity index (χ1) is 16.4. The Bertz CT molecular complexity index is 1370. The van der Waals surface area contributed by atoms with E-state index in [0.717, 1.165) is 29.2 Å². The Hall–Kier alpha value is -3.11. The zero-order valence-corrected chi connectivity index (χ0v) is 20.5. The summed E-state index contributed by atoms with van der Waals surface area (Å²) in [6.07, 6.45) is 4.51. The number of aromatic nitrogens is 3. The van der Waals surface area contributed by atoms with Gasteiger partial charge in [0, 0.05) is 30.7 Å². The van der Waals surface area contributed by atoms with Crippen molar-refractivity contribution in [2.45, 2.75) is 39.2 Å². The van der Waals surface area contributed by atoms with Crippen molar-refractivity contribution < 1.29 is 14.0 Å². The molecule has 1 aliphatic heterocycles. The zero-order chi connectivity index (χ0) is 23.8. The quantitative estimate of drug-likeness (QED) is 0.434. The summed E-state index contributed by atoms with van der Waals surface area (Å²) in [5, 5.41) is 5.66. The van der Waals surface area contributed by atoms with Crippen LogP contribution in [-0.4, -0.2) is 50.2 Å². The number of rotatable bonds is 5. The Labute approximate surface area is 204 Å². The lowest BCUT2D eigenvalue weighted by molar-refractivity contribution is 0.0597. The minimum Gasteiger partial charge on any atom is -0.349 e. The van der Waals surface area contributed by atoms with E-state index in [2.05, 4.69) is 15.3 Å². The third kappa shape index (κ3) is 4.23. The maximum atomic E-state index is 13.8. The smallest absolute Gasteiger partial charge is 0.274 e. The lowest BCUT2D eigenvalue weighted by atomic mass is 10.0. The molecule has 2 amide bonds. The van der Waals surface area contributed by atoms with Crippen molar-refractivity contribution in [2.75, 3.05) is 13.1 Å². The Morgan fingerprint density at radius 1 is 1.24 bits per heavy atom. The number of halogens is 1. The van der Waals surface area contributed by atoms with Crippen LogP contribution in [0.2, 0.25) is 0 Å². The molecule has 0 spiro atoms. The summed E-state index contributed by atoms with van der Waals surface area (Å²) in [5.74, 6) is -0.731. The molecule has 0 aliphatic carbocycles. The van der Waals surface area contributed by atoms with Crippen molar-refractivity contribution in [3.8, 4) is 10.4 Å². The molecule has 176 valence electrons. The molecule has 7 nitrogen and oxygen atoms in total. The van der Waals surface area contributed by atoms with Crippen LogP contribution in [0.4, 0.5) is 4.39 Å². The molecule has 1 aromatic carbocycles. The van der Waals surface area contributed by atoms with Gasteiger partial charge in [-0.15, -0.1) is 22.7 Å². The maximum absolute atomic E-state index is 13.8. The molecule has 0 saturated carbocycles. The Morgan fingerprint density at radius 3 is 2.91 bits per heavy atom. The summed E-state index contributed by atoms with van der Waals surface area (Å²) in [5.41, 5.74) is 2.19. The fraction of sp³-hybridized carbons (Fsp3) is 0.333. The molecular weight excluding hydrogens is 473 g/mol. The SMILES string of the molecule is Cc1nc(C(=O)N2CCCC[C@H]2CNC(=O)c2c(C)nc3sccn23)c(-c2cccc(F)c2)s1. The number of aryl methyl sites for hydroxylation is 2. The maximum Gasteiger partial charge on any atom is 0.274 e.